The van der Waals surface area contributed by atoms with Crippen LogP contribution >= 0.6 is 23.5 Å². The van der Waals surface area contributed by atoms with Crippen LogP contribution in [0.3, 0.4) is 0 Å². The minimum absolute atomic E-state index is 0.137. The first-order valence-corrected chi connectivity index (χ1v) is 42.8. The smallest absolute Gasteiger partial charge is 0.164 e. The molecule has 0 saturated carbocycles. The minimum atomic E-state index is -0.505. The van der Waals surface area contributed by atoms with Gasteiger partial charge in [-0.1, -0.05) is 388 Å². The molecule has 0 radical (unpaired) electrons. The summed E-state index contributed by atoms with van der Waals surface area (Å²) >= 11 is 3.83. The molecule has 3 unspecified atom stereocenters. The Morgan fingerprint density at radius 1 is 0.225 bits per heavy atom. The van der Waals surface area contributed by atoms with Crippen LogP contribution in [-0.4, -0.2) is 24.9 Å². The van der Waals surface area contributed by atoms with Gasteiger partial charge in [0.2, 0.25) is 0 Å². The Hall–Kier alpha value is -14.5. The van der Waals surface area contributed by atoms with Gasteiger partial charge in [-0.2, -0.15) is 0 Å². The van der Waals surface area contributed by atoms with E-state index in [0.717, 1.165) is 83.7 Å². The van der Waals surface area contributed by atoms with Gasteiger partial charge in [-0.3, -0.25) is 0 Å². The van der Waals surface area contributed by atoms with Crippen LogP contribution in [0.1, 0.15) is 50.4 Å². The SMILES string of the molecule is C1=CC2c3ccccc3C3(c4cc(-c5cccc(-c6cccc(-c7nc(-c8ccccc8)nc(-c8ccccc8)n7)c6)c5)ccc4Sc4c3ccc3c(-c5ccc(-c6nc(-c7ccccc7)cc(-c7cccc(-c8cccc(-c9ccc%10c(c9)C9(c%11ccccc%11-c%11ccccc%119)c9ccc%11ccccc%11c9S%10)c8)c7)n6)cc5)cccc43)C2C=C1. The van der Waals surface area contributed by atoms with Crippen LogP contribution in [0, 0.1) is 5.92 Å². The van der Waals surface area contributed by atoms with E-state index >= 15 is 0 Å². The van der Waals surface area contributed by atoms with Crippen LogP contribution in [-0.2, 0) is 10.8 Å². The standard InChI is InChI=1S/C113H71N5S2/c1-4-26-72(27-5-1)102-69-103(84-38-22-36-80(65-84)76-32-20-34-78(63-76)82-56-61-104-100(67-82)112(98-59-55-70-25-10-11-40-87(70)106(98)119-104)94-47-16-12-41-89(94)90-42-13-17-48-95(90)112)115-108(114-102)75-53-51-71(52-54-75)86-45-24-46-93-88(86)58-60-99-107(93)120-105-62-57-83(68-101(105)113(99)96-49-18-14-43-91(96)92-44-15-19-50-97(92)113)79-35-21-33-77(64-79)81-37-23-39-85(66-81)111-117-109(73-28-6-2-7-29-73)116-110(118-111)74-30-8-3-9-31-74/h1-69,91,96H. The average molecular weight is 1560 g/mol. The molecule has 0 bridgehead atoms. The molecule has 24 rings (SSSR count). The van der Waals surface area contributed by atoms with Crippen LogP contribution in [0.4, 0.5) is 0 Å². The second kappa shape index (κ2) is 28.1. The van der Waals surface area contributed by atoms with E-state index in [4.69, 9.17) is 24.9 Å². The molecule has 5 nitrogen and oxygen atoms in total. The molecular formula is C113H71N5S2. The number of hydrogen-bond acceptors (Lipinski definition) is 7. The van der Waals surface area contributed by atoms with Gasteiger partial charge in [-0.15, -0.1) is 0 Å². The normalized spacial score (nSPS) is 15.8. The van der Waals surface area contributed by atoms with E-state index in [9.17, 15) is 0 Å². The molecule has 560 valence electrons. The number of fused-ring (bicyclic) bond motifs is 22. The number of aromatic nitrogens is 5. The van der Waals surface area contributed by atoms with Crippen LogP contribution in [0.15, 0.2) is 438 Å². The van der Waals surface area contributed by atoms with Crippen molar-refractivity contribution in [3.8, 4) is 135 Å². The third-order valence-electron chi connectivity index (χ3n) is 25.6. The van der Waals surface area contributed by atoms with Gasteiger partial charge in [0, 0.05) is 64.8 Å². The largest absolute Gasteiger partial charge is 0.228 e. The summed E-state index contributed by atoms with van der Waals surface area (Å²) in [6, 6.07) is 145. The first-order valence-electron chi connectivity index (χ1n) is 41.1. The van der Waals surface area contributed by atoms with Gasteiger partial charge in [0.15, 0.2) is 23.3 Å². The van der Waals surface area contributed by atoms with Crippen LogP contribution in [0.2, 0.25) is 0 Å². The van der Waals surface area contributed by atoms with Crippen LogP contribution in [0.25, 0.3) is 156 Å². The molecule has 4 heterocycles. The first kappa shape index (κ1) is 69.8. The van der Waals surface area contributed by atoms with Crippen molar-refractivity contribution in [3.05, 3.63) is 463 Å². The van der Waals surface area contributed by atoms with Gasteiger partial charge in [-0.05, 0) is 187 Å². The van der Waals surface area contributed by atoms with Gasteiger partial charge in [0.05, 0.1) is 22.2 Å². The van der Waals surface area contributed by atoms with Crippen molar-refractivity contribution in [2.24, 2.45) is 5.92 Å². The Morgan fingerprint density at radius 3 is 1.28 bits per heavy atom. The highest BCUT2D eigenvalue weighted by atomic mass is 32.2. The van der Waals surface area contributed by atoms with Crippen molar-refractivity contribution in [3.63, 3.8) is 0 Å². The van der Waals surface area contributed by atoms with Crippen molar-refractivity contribution < 1.29 is 0 Å². The maximum absolute atomic E-state index is 5.48. The number of benzene rings is 17. The lowest BCUT2D eigenvalue weighted by Gasteiger charge is -2.44. The monoisotopic (exact) mass is 1560 g/mol. The van der Waals surface area contributed by atoms with Gasteiger partial charge in [0.1, 0.15) is 0 Å². The number of rotatable bonds is 11. The molecule has 7 heteroatoms. The highest BCUT2D eigenvalue weighted by Crippen LogP contribution is 2.67. The van der Waals surface area contributed by atoms with E-state index in [1.807, 2.05) is 59.9 Å². The van der Waals surface area contributed by atoms with Crippen LogP contribution < -0.4 is 0 Å². The predicted octanol–water partition coefficient (Wildman–Crippen LogP) is 28.8. The van der Waals surface area contributed by atoms with E-state index in [1.165, 1.54) is 113 Å². The van der Waals surface area contributed by atoms with Gasteiger partial charge < -0.3 is 0 Å². The number of nitrogens with zero attached hydrogens (tertiary/aromatic N) is 5. The summed E-state index contributed by atoms with van der Waals surface area (Å²) in [5.74, 6) is 2.91. The highest BCUT2D eigenvalue weighted by Gasteiger charge is 2.57. The number of hydrogen-bond donors (Lipinski definition) is 0. The summed E-state index contributed by atoms with van der Waals surface area (Å²) in [5, 5.41) is 5.01. The van der Waals surface area contributed by atoms with E-state index < -0.39 is 10.8 Å². The minimum Gasteiger partial charge on any atom is -0.228 e. The lowest BCUT2D eigenvalue weighted by atomic mass is 9.62. The van der Waals surface area contributed by atoms with Gasteiger partial charge in [0.25, 0.3) is 0 Å². The fourth-order valence-electron chi connectivity index (χ4n) is 20.1. The topological polar surface area (TPSA) is 64.5 Å². The third kappa shape index (κ3) is 11.1. The zero-order chi connectivity index (χ0) is 79.0. The second-order valence-corrected chi connectivity index (χ2v) is 34.1. The quantitative estimate of drug-likeness (QED) is 0.128. The maximum Gasteiger partial charge on any atom is 0.164 e. The second-order valence-electron chi connectivity index (χ2n) is 32.0. The molecule has 0 N–H and O–H groups in total. The molecule has 3 atom stereocenters. The molecule has 2 aromatic heterocycles. The Kier molecular flexibility index (Phi) is 16.4. The molecule has 19 aromatic rings. The molecular weight excluding hydrogens is 1490 g/mol. The highest BCUT2D eigenvalue weighted by molar-refractivity contribution is 8.00. The molecule has 0 amide bonds. The van der Waals surface area contributed by atoms with Crippen molar-refractivity contribution in [1.29, 1.82) is 0 Å². The van der Waals surface area contributed by atoms with Crippen molar-refractivity contribution >= 4 is 45.1 Å². The Labute approximate surface area is 705 Å². The molecule has 3 aliphatic carbocycles. The van der Waals surface area contributed by atoms with Crippen molar-refractivity contribution in [2.75, 3.05) is 0 Å². The Balaban J connectivity index is 0.560. The summed E-state index contributed by atoms with van der Waals surface area (Å²) in [6.45, 7) is 0. The average Bonchev–Trinajstić information content (AvgIpc) is 1.32. The molecule has 2 aliphatic heterocycles. The molecule has 120 heavy (non-hydrogen) atoms. The number of allylic oxidation sites excluding steroid dienone is 4. The molecule has 2 spiro atoms. The van der Waals surface area contributed by atoms with Crippen molar-refractivity contribution in [1.82, 2.24) is 24.9 Å². The van der Waals surface area contributed by atoms with Gasteiger partial charge in [-0.25, -0.2) is 24.9 Å². The zero-order valence-electron chi connectivity index (χ0n) is 65.0. The molecule has 0 fully saturated rings. The predicted molar refractivity (Wildman–Crippen MR) is 493 cm³/mol. The fourth-order valence-corrected chi connectivity index (χ4v) is 22.8. The summed E-state index contributed by atoms with van der Waals surface area (Å²) < 4.78 is 0. The molecule has 0 saturated heterocycles. The van der Waals surface area contributed by atoms with E-state index in [2.05, 4.69) is 382 Å². The van der Waals surface area contributed by atoms with E-state index in [0.29, 0.717) is 23.3 Å². The molecule has 17 aromatic carbocycles. The first-order chi connectivity index (χ1) is 59.4. The Bertz CT molecular complexity index is 7400. The summed E-state index contributed by atoms with van der Waals surface area (Å²) in [7, 11) is 0. The summed E-state index contributed by atoms with van der Waals surface area (Å²) in [4.78, 5) is 31.2. The van der Waals surface area contributed by atoms with Crippen LogP contribution in [0.5, 0.6) is 0 Å². The maximum atomic E-state index is 5.48. The van der Waals surface area contributed by atoms with E-state index in [-0.39, 0.29) is 11.8 Å². The fraction of sp³-hybridized carbons (Fsp3) is 0.0354. The van der Waals surface area contributed by atoms with Gasteiger partial charge >= 0.3 is 0 Å². The lowest BCUT2D eigenvalue weighted by molar-refractivity contribution is 0.443. The summed E-state index contributed by atoms with van der Waals surface area (Å²) in [6.07, 6.45) is 9.46. The Morgan fingerprint density at radius 2 is 0.642 bits per heavy atom. The van der Waals surface area contributed by atoms with E-state index in [1.54, 1.807) is 0 Å². The van der Waals surface area contributed by atoms with Crippen molar-refractivity contribution in [2.45, 2.75) is 36.3 Å². The lowest BCUT2D eigenvalue weighted by Crippen LogP contribution is -2.37. The summed E-state index contributed by atoms with van der Waals surface area (Å²) in [5.41, 5.74) is 31.3. The zero-order valence-corrected chi connectivity index (χ0v) is 66.7. The molecule has 5 aliphatic rings. The third-order valence-corrected chi connectivity index (χ3v) is 28.0.